The van der Waals surface area contributed by atoms with Crippen LogP contribution in [0.2, 0.25) is 0 Å². The fourth-order valence-corrected chi connectivity index (χ4v) is 5.64. The van der Waals surface area contributed by atoms with E-state index >= 15 is 0 Å². The molecule has 0 bridgehead atoms. The predicted octanol–water partition coefficient (Wildman–Crippen LogP) is 3.27. The van der Waals surface area contributed by atoms with E-state index in [2.05, 4.69) is 5.10 Å². The van der Waals surface area contributed by atoms with Crippen LogP contribution in [0.4, 0.5) is 27.6 Å². The van der Waals surface area contributed by atoms with E-state index in [1.165, 1.54) is 20.9 Å². The highest BCUT2D eigenvalue weighted by Crippen LogP contribution is 2.40. The molecule has 4 heterocycles. The molecule has 8 nitrogen and oxygen atoms in total. The lowest BCUT2D eigenvalue weighted by Gasteiger charge is -2.37. The van der Waals surface area contributed by atoms with Crippen molar-refractivity contribution in [1.82, 2.24) is 19.6 Å². The third-order valence-electron chi connectivity index (χ3n) is 7.87. The number of benzene rings is 1. The molecule has 2 fully saturated rings. The summed E-state index contributed by atoms with van der Waals surface area (Å²) in [6, 6.07) is 1.24. The molecule has 3 aliphatic heterocycles. The zero-order valence-corrected chi connectivity index (χ0v) is 21.5. The highest BCUT2D eigenvalue weighted by Gasteiger charge is 2.50. The molecule has 0 spiro atoms. The maximum atomic E-state index is 13.7. The largest absolute Gasteiger partial charge is 0.342 e. The summed E-state index contributed by atoms with van der Waals surface area (Å²) in [5.74, 6) is -8.28. The number of carbonyl (C=O) groups excluding carboxylic acids is 3. The number of anilines is 1. The Hall–Kier alpha value is -3.51. The molecule has 5 rings (SSSR count). The van der Waals surface area contributed by atoms with Crippen molar-refractivity contribution in [1.29, 1.82) is 0 Å². The van der Waals surface area contributed by atoms with E-state index in [1.54, 1.807) is 18.5 Å². The van der Waals surface area contributed by atoms with Crippen LogP contribution in [-0.4, -0.2) is 68.9 Å². The van der Waals surface area contributed by atoms with Gasteiger partial charge in [-0.1, -0.05) is 0 Å². The quantitative estimate of drug-likeness (QED) is 0.430. The third kappa shape index (κ3) is 4.98. The first kappa shape index (κ1) is 27.1. The second-order valence-corrected chi connectivity index (χ2v) is 10.9. The van der Waals surface area contributed by atoms with Crippen LogP contribution in [0.5, 0.6) is 0 Å². The molecule has 1 aromatic heterocycles. The summed E-state index contributed by atoms with van der Waals surface area (Å²) in [4.78, 5) is 43.8. The summed E-state index contributed by atoms with van der Waals surface area (Å²) >= 11 is 0. The van der Waals surface area contributed by atoms with Crippen LogP contribution < -0.4 is 4.90 Å². The summed E-state index contributed by atoms with van der Waals surface area (Å²) in [7, 11) is 0. The predicted molar refractivity (Wildman–Crippen MR) is 128 cm³/mol. The maximum absolute atomic E-state index is 13.7. The topological polar surface area (TPSA) is 78.8 Å². The maximum Gasteiger partial charge on any atom is 0.251 e. The normalized spacial score (nSPS) is 24.7. The molecule has 0 radical (unpaired) electrons. The third-order valence-corrected chi connectivity index (χ3v) is 7.87. The molecule has 3 aliphatic rings. The number of carbonyl (C=O) groups is 3. The van der Waals surface area contributed by atoms with Gasteiger partial charge in [-0.2, -0.15) is 5.10 Å². The van der Waals surface area contributed by atoms with Gasteiger partial charge in [0, 0.05) is 44.9 Å². The monoisotopic (exact) mass is 553 g/mol. The fraction of sp³-hybridized carbons (Fsp3) is 0.538. The van der Waals surface area contributed by atoms with Crippen molar-refractivity contribution in [3.8, 4) is 0 Å². The standard InChI is InChI=1S/C26H28F5N5O3/c1-15-12-36-20(13-34(15)21(37)9-16-7-17(27)23(29)18(28)8-16)19(11-32-36)35-14-25(2,10-22(35)38)24(39)33-5-3-26(30,31)4-6-33/h7-8,11,15H,3-6,9-10,12-14H2,1-2H3/t15-,25?/m0/s1. The van der Waals surface area contributed by atoms with E-state index in [4.69, 9.17) is 0 Å². The van der Waals surface area contributed by atoms with Crippen molar-refractivity contribution >= 4 is 23.4 Å². The van der Waals surface area contributed by atoms with Gasteiger partial charge in [0.25, 0.3) is 5.92 Å². The van der Waals surface area contributed by atoms with E-state index in [-0.39, 0.29) is 62.4 Å². The van der Waals surface area contributed by atoms with Crippen LogP contribution in [0.25, 0.3) is 0 Å². The molecular formula is C26H28F5N5O3. The Bertz CT molecular complexity index is 1310. The number of amides is 3. The van der Waals surface area contributed by atoms with Gasteiger partial charge >= 0.3 is 0 Å². The van der Waals surface area contributed by atoms with Gasteiger partial charge in [-0.3, -0.25) is 19.1 Å². The van der Waals surface area contributed by atoms with Crippen LogP contribution >= 0.6 is 0 Å². The van der Waals surface area contributed by atoms with E-state index in [1.807, 2.05) is 0 Å². The van der Waals surface area contributed by atoms with Gasteiger partial charge in [0.1, 0.15) is 0 Å². The molecule has 0 N–H and O–H groups in total. The lowest BCUT2D eigenvalue weighted by molar-refractivity contribution is -0.147. The summed E-state index contributed by atoms with van der Waals surface area (Å²) in [5.41, 5.74) is -0.125. The minimum Gasteiger partial charge on any atom is -0.342 e. The van der Waals surface area contributed by atoms with Crippen LogP contribution in [0.15, 0.2) is 18.3 Å². The highest BCUT2D eigenvalue weighted by molar-refractivity contribution is 6.02. The summed E-state index contributed by atoms with van der Waals surface area (Å²) < 4.78 is 69.5. The molecular weight excluding hydrogens is 525 g/mol. The van der Waals surface area contributed by atoms with Gasteiger partial charge in [0.2, 0.25) is 17.7 Å². The van der Waals surface area contributed by atoms with E-state index < -0.39 is 47.5 Å². The molecule has 1 aromatic carbocycles. The molecule has 2 aromatic rings. The molecule has 13 heteroatoms. The summed E-state index contributed by atoms with van der Waals surface area (Å²) in [5, 5.41) is 4.36. The fourth-order valence-electron chi connectivity index (χ4n) is 5.64. The summed E-state index contributed by atoms with van der Waals surface area (Å²) in [6.45, 7) is 3.67. The lowest BCUT2D eigenvalue weighted by atomic mass is 9.87. The Labute approximate surface area is 221 Å². The Balaban J connectivity index is 1.32. The number of hydrogen-bond acceptors (Lipinski definition) is 4. The first-order valence-electron chi connectivity index (χ1n) is 12.7. The first-order valence-corrected chi connectivity index (χ1v) is 12.7. The second kappa shape index (κ2) is 9.60. The Morgan fingerprint density at radius 1 is 1.10 bits per heavy atom. The number of fused-ring (bicyclic) bond motifs is 1. The highest BCUT2D eigenvalue weighted by atomic mass is 19.3. The van der Waals surface area contributed by atoms with E-state index in [0.29, 0.717) is 17.9 Å². The number of nitrogens with zero attached hydrogens (tertiary/aromatic N) is 5. The van der Waals surface area contributed by atoms with Gasteiger partial charge in [-0.05, 0) is 31.5 Å². The Morgan fingerprint density at radius 3 is 2.38 bits per heavy atom. The smallest absolute Gasteiger partial charge is 0.251 e. The van der Waals surface area contributed by atoms with Crippen molar-refractivity contribution in [3.63, 3.8) is 0 Å². The minimum atomic E-state index is -2.80. The van der Waals surface area contributed by atoms with Gasteiger partial charge in [0.15, 0.2) is 17.5 Å². The van der Waals surface area contributed by atoms with Crippen molar-refractivity contribution < 1.29 is 36.3 Å². The van der Waals surface area contributed by atoms with Crippen molar-refractivity contribution in [2.45, 2.75) is 64.6 Å². The SMILES string of the molecule is C[C@H]1Cn2ncc(N3CC(C)(C(=O)N4CCC(F)(F)CC4)CC3=O)c2CN1C(=O)Cc1cc(F)c(F)c(F)c1. The van der Waals surface area contributed by atoms with Gasteiger partial charge in [0.05, 0.1) is 42.5 Å². The van der Waals surface area contributed by atoms with E-state index in [9.17, 15) is 36.3 Å². The average Bonchev–Trinajstić information content (AvgIpc) is 3.41. The molecule has 3 amide bonds. The van der Waals surface area contributed by atoms with Crippen LogP contribution in [0, 0.1) is 22.9 Å². The molecule has 1 unspecified atom stereocenters. The van der Waals surface area contributed by atoms with Crippen molar-refractivity contribution in [2.24, 2.45) is 5.41 Å². The Kier molecular flexibility index (Phi) is 6.66. The van der Waals surface area contributed by atoms with Gasteiger partial charge in [-0.25, -0.2) is 22.0 Å². The van der Waals surface area contributed by atoms with Crippen molar-refractivity contribution in [2.75, 3.05) is 24.5 Å². The first-order chi connectivity index (χ1) is 18.3. The minimum absolute atomic E-state index is 0.0117. The molecule has 39 heavy (non-hydrogen) atoms. The molecule has 210 valence electrons. The molecule has 2 saturated heterocycles. The van der Waals surface area contributed by atoms with E-state index in [0.717, 1.165) is 12.1 Å². The van der Waals surface area contributed by atoms with Gasteiger partial charge in [-0.15, -0.1) is 0 Å². The molecule has 0 aliphatic carbocycles. The van der Waals surface area contributed by atoms with Crippen molar-refractivity contribution in [3.05, 3.63) is 47.0 Å². The zero-order chi connectivity index (χ0) is 28.3. The summed E-state index contributed by atoms with van der Waals surface area (Å²) in [6.07, 6.45) is 0.220. The average molecular weight is 554 g/mol. The number of rotatable bonds is 4. The Morgan fingerprint density at radius 2 is 1.74 bits per heavy atom. The number of halogens is 5. The van der Waals surface area contributed by atoms with Crippen LogP contribution in [0.1, 0.15) is 44.4 Å². The van der Waals surface area contributed by atoms with Crippen LogP contribution in [-0.2, 0) is 33.9 Å². The molecule has 0 saturated carbocycles. The number of piperidine rings is 1. The van der Waals surface area contributed by atoms with Gasteiger partial charge < -0.3 is 14.7 Å². The number of likely N-dealkylation sites (tertiary alicyclic amines) is 1. The van der Waals surface area contributed by atoms with Crippen LogP contribution in [0.3, 0.4) is 0 Å². The lowest BCUT2D eigenvalue weighted by Crippen LogP contribution is -2.49. The molecule has 2 atom stereocenters. The zero-order valence-electron chi connectivity index (χ0n) is 21.5. The number of aromatic nitrogens is 2. The number of alkyl halides is 2. The second-order valence-electron chi connectivity index (χ2n) is 10.9. The number of hydrogen-bond donors (Lipinski definition) is 0.